The second-order valence-corrected chi connectivity index (χ2v) is 13.3. The molecule has 1 fully saturated rings. The fraction of sp³-hybridized carbons (Fsp3) is 0.317. The zero-order valence-corrected chi connectivity index (χ0v) is 32.0. The molecule has 0 unspecified atom stereocenters. The van der Waals surface area contributed by atoms with Gasteiger partial charge >= 0.3 is 0 Å². The highest BCUT2D eigenvalue weighted by molar-refractivity contribution is 5.86. The van der Waals surface area contributed by atoms with Gasteiger partial charge in [-0.15, -0.1) is 37.2 Å². The lowest BCUT2D eigenvalue weighted by atomic mass is 9.96. The molecule has 1 saturated heterocycles. The molecule has 0 aliphatic carbocycles. The van der Waals surface area contributed by atoms with Crippen molar-refractivity contribution in [2.45, 2.75) is 73.5 Å². The van der Waals surface area contributed by atoms with E-state index in [-0.39, 0.29) is 43.3 Å². The number of hydrogen-bond acceptors (Lipinski definition) is 4. The molecule has 0 atom stereocenters. The predicted molar refractivity (Wildman–Crippen MR) is 210 cm³/mol. The normalized spacial score (nSPS) is 13.2. The number of nitrogens with zero attached hydrogens (tertiary/aromatic N) is 4. The third kappa shape index (κ3) is 9.21. The lowest BCUT2D eigenvalue weighted by Gasteiger charge is -2.40. The van der Waals surface area contributed by atoms with Gasteiger partial charge in [0.05, 0.1) is 5.69 Å². The van der Waals surface area contributed by atoms with Crippen molar-refractivity contribution in [3.63, 3.8) is 0 Å². The van der Waals surface area contributed by atoms with Crippen LogP contribution in [0.5, 0.6) is 0 Å². The van der Waals surface area contributed by atoms with Crippen LogP contribution in [0.25, 0.3) is 22.4 Å². The maximum absolute atomic E-state index is 14.5. The summed E-state index contributed by atoms with van der Waals surface area (Å²) in [5.41, 5.74) is 15.0. The predicted octanol–water partition coefficient (Wildman–Crippen LogP) is 10.9. The summed E-state index contributed by atoms with van der Waals surface area (Å²) in [5, 5.41) is 0. The van der Waals surface area contributed by atoms with Gasteiger partial charge in [-0.3, -0.25) is 14.9 Å². The Morgan fingerprint density at radius 1 is 0.660 bits per heavy atom. The van der Waals surface area contributed by atoms with Crippen LogP contribution in [0.3, 0.4) is 0 Å². The lowest BCUT2D eigenvalue weighted by molar-refractivity contribution is 0.200. The summed E-state index contributed by atoms with van der Waals surface area (Å²) in [4.78, 5) is 14.0. The minimum Gasteiger partial charge on any atom is -0.364 e. The van der Waals surface area contributed by atoms with Gasteiger partial charge in [-0.2, -0.15) is 0 Å². The van der Waals surface area contributed by atoms with Crippen LogP contribution in [0.2, 0.25) is 0 Å². The smallest absolute Gasteiger partial charge is 0.160 e. The Kier molecular flexibility index (Phi) is 14.4. The molecule has 3 heterocycles. The molecule has 9 heteroatoms. The summed E-state index contributed by atoms with van der Waals surface area (Å²) in [7, 11) is 0. The van der Waals surface area contributed by atoms with Crippen molar-refractivity contribution < 1.29 is 8.78 Å². The Labute approximate surface area is 314 Å². The van der Waals surface area contributed by atoms with E-state index >= 15 is 0 Å². The van der Waals surface area contributed by atoms with Gasteiger partial charge in [-0.1, -0.05) is 12.1 Å². The van der Waals surface area contributed by atoms with E-state index in [9.17, 15) is 8.78 Å². The minimum absolute atomic E-state index is 0. The van der Waals surface area contributed by atoms with Crippen LogP contribution in [0.4, 0.5) is 14.5 Å². The van der Waals surface area contributed by atoms with Gasteiger partial charge < -0.3 is 4.90 Å². The first-order valence-corrected chi connectivity index (χ1v) is 16.5. The van der Waals surface area contributed by atoms with E-state index in [4.69, 9.17) is 0 Å². The van der Waals surface area contributed by atoms with Crippen molar-refractivity contribution in [2.24, 2.45) is 0 Å². The minimum atomic E-state index is -0.827. The van der Waals surface area contributed by atoms with Crippen molar-refractivity contribution in [3.8, 4) is 22.4 Å². The number of aryl methyl sites for hydroxylation is 4. The number of benzene rings is 3. The Morgan fingerprint density at radius 2 is 1.26 bits per heavy atom. The van der Waals surface area contributed by atoms with Crippen LogP contribution < -0.4 is 4.90 Å². The molecule has 4 nitrogen and oxygen atoms in total. The number of halogens is 5. The topological polar surface area (TPSA) is 32.3 Å². The number of aromatic nitrogens is 2. The Bertz CT molecular complexity index is 1880. The van der Waals surface area contributed by atoms with Gasteiger partial charge in [0.25, 0.3) is 0 Å². The molecule has 0 radical (unpaired) electrons. The second kappa shape index (κ2) is 17.6. The monoisotopic (exact) mass is 738 g/mol. The summed E-state index contributed by atoms with van der Waals surface area (Å²) < 4.78 is 28.5. The second-order valence-electron chi connectivity index (χ2n) is 13.3. The van der Waals surface area contributed by atoms with E-state index in [2.05, 4.69) is 97.7 Å². The molecule has 1 aliphatic heterocycles. The van der Waals surface area contributed by atoms with Crippen molar-refractivity contribution >= 4 is 42.9 Å². The summed E-state index contributed by atoms with van der Waals surface area (Å²) in [6.07, 6.45) is 7.59. The van der Waals surface area contributed by atoms with Crippen molar-refractivity contribution in [1.82, 2.24) is 14.9 Å². The van der Waals surface area contributed by atoms with E-state index in [0.29, 0.717) is 12.2 Å². The van der Waals surface area contributed by atoms with Crippen LogP contribution in [0.1, 0.15) is 57.3 Å². The molecule has 0 saturated carbocycles. The van der Waals surface area contributed by atoms with E-state index < -0.39 is 11.6 Å². The third-order valence-electron chi connectivity index (χ3n) is 10.1. The van der Waals surface area contributed by atoms with Crippen molar-refractivity contribution in [1.29, 1.82) is 0 Å². The fourth-order valence-corrected chi connectivity index (χ4v) is 6.79. The standard InChI is InChI=1S/C41H44F2N4.3ClH/c1-26-15-34(16-27(2)30(26)5)36-19-33(22-44-23-36)24-46-13-10-37(11-14-46)47(38-7-8-39(42)40(43)21-38)25-32-9-12-45-41(20-32)35-17-28(3)31(6)29(4)18-35;;;/h7-9,12,15-23,37H,10-11,13-14,24-25H2,1-6H3;3*1H. The molecular formula is C41H47Cl3F2N4. The van der Waals surface area contributed by atoms with E-state index in [0.717, 1.165) is 54.9 Å². The van der Waals surface area contributed by atoms with E-state index in [1.54, 1.807) is 6.07 Å². The zero-order valence-electron chi connectivity index (χ0n) is 29.6. The summed E-state index contributed by atoms with van der Waals surface area (Å²) >= 11 is 0. The van der Waals surface area contributed by atoms with Gasteiger partial charge in [0, 0.05) is 73.7 Å². The first-order chi connectivity index (χ1) is 22.5. The average molecular weight is 740 g/mol. The molecule has 50 heavy (non-hydrogen) atoms. The number of anilines is 1. The van der Waals surface area contributed by atoms with Crippen LogP contribution in [-0.2, 0) is 13.1 Å². The molecule has 1 aliphatic rings. The Balaban J connectivity index is 0.00000225. The molecule has 0 amide bonds. The van der Waals surface area contributed by atoms with E-state index in [1.165, 1.54) is 56.6 Å². The lowest BCUT2D eigenvalue weighted by Crippen LogP contribution is -2.44. The molecule has 266 valence electrons. The number of rotatable bonds is 8. The molecule has 0 spiro atoms. The van der Waals surface area contributed by atoms with Gasteiger partial charge in [0.1, 0.15) is 0 Å². The SMILES string of the molecule is Cc1cc(-c2cncc(CN3CCC(N(Cc4ccnc(-c5cc(C)c(C)c(C)c5)c4)c4ccc(F)c(F)c4)CC3)c2)cc(C)c1C.Cl.Cl.Cl. The van der Waals surface area contributed by atoms with Gasteiger partial charge in [0.2, 0.25) is 0 Å². The largest absolute Gasteiger partial charge is 0.364 e. The first kappa shape index (κ1) is 40.9. The average Bonchev–Trinajstić information content (AvgIpc) is 3.06. The number of pyridine rings is 2. The molecule has 3 aromatic carbocycles. The number of likely N-dealkylation sites (tertiary alicyclic amines) is 1. The highest BCUT2D eigenvalue weighted by atomic mass is 35.5. The number of piperidine rings is 1. The summed E-state index contributed by atoms with van der Waals surface area (Å²) in [6.45, 7) is 16.1. The molecule has 6 rings (SSSR count). The molecular weight excluding hydrogens is 693 g/mol. The zero-order chi connectivity index (χ0) is 33.2. The van der Waals surface area contributed by atoms with Crippen LogP contribution in [0.15, 0.2) is 79.3 Å². The summed E-state index contributed by atoms with van der Waals surface area (Å²) in [5.74, 6) is -1.65. The van der Waals surface area contributed by atoms with Crippen LogP contribution in [-0.4, -0.2) is 34.0 Å². The van der Waals surface area contributed by atoms with Crippen molar-refractivity contribution in [2.75, 3.05) is 18.0 Å². The number of hydrogen-bond donors (Lipinski definition) is 0. The quantitative estimate of drug-likeness (QED) is 0.159. The van der Waals surface area contributed by atoms with Gasteiger partial charge in [0.15, 0.2) is 11.6 Å². The Hall–Kier alpha value is -3.55. The fourth-order valence-electron chi connectivity index (χ4n) is 6.79. The molecule has 5 aromatic rings. The first-order valence-electron chi connectivity index (χ1n) is 16.5. The third-order valence-corrected chi connectivity index (χ3v) is 10.1. The molecule has 0 N–H and O–H groups in total. The van der Waals surface area contributed by atoms with Gasteiger partial charge in [-0.25, -0.2) is 8.78 Å². The maximum atomic E-state index is 14.5. The highest BCUT2D eigenvalue weighted by Crippen LogP contribution is 2.31. The summed E-state index contributed by atoms with van der Waals surface area (Å²) in [6, 6.07) is 19.7. The Morgan fingerprint density at radius 3 is 1.86 bits per heavy atom. The molecule has 0 bridgehead atoms. The van der Waals surface area contributed by atoms with Crippen LogP contribution >= 0.6 is 37.2 Å². The maximum Gasteiger partial charge on any atom is 0.160 e. The van der Waals surface area contributed by atoms with Gasteiger partial charge in [-0.05, 0) is 147 Å². The molecule has 2 aromatic heterocycles. The van der Waals surface area contributed by atoms with E-state index in [1.807, 2.05) is 24.7 Å². The highest BCUT2D eigenvalue weighted by Gasteiger charge is 2.26. The van der Waals surface area contributed by atoms with Crippen LogP contribution in [0, 0.1) is 53.2 Å². The van der Waals surface area contributed by atoms with Crippen molar-refractivity contribution in [3.05, 3.63) is 135 Å².